The zero-order valence-electron chi connectivity index (χ0n) is 13.4. The number of benzene rings is 2. The van der Waals surface area contributed by atoms with E-state index in [0.717, 1.165) is 16.9 Å². The first-order valence-corrected chi connectivity index (χ1v) is 8.55. The molecule has 0 atom stereocenters. The molecule has 3 aromatic rings. The van der Waals surface area contributed by atoms with Crippen molar-refractivity contribution in [2.75, 3.05) is 5.32 Å². The number of carbonyl (C=O) groups is 1. The summed E-state index contributed by atoms with van der Waals surface area (Å²) < 4.78 is 0. The van der Waals surface area contributed by atoms with E-state index in [0.29, 0.717) is 5.13 Å². The van der Waals surface area contributed by atoms with Gasteiger partial charge in [0, 0.05) is 23.6 Å². The van der Waals surface area contributed by atoms with Gasteiger partial charge in [0.25, 0.3) is 0 Å². The van der Waals surface area contributed by atoms with Crippen LogP contribution in [0, 0.1) is 6.92 Å². The summed E-state index contributed by atoms with van der Waals surface area (Å²) in [5.41, 5.74) is 3.43. The molecule has 0 bridgehead atoms. The molecule has 24 heavy (non-hydrogen) atoms. The number of nitrogens with one attached hydrogen (secondary N) is 1. The van der Waals surface area contributed by atoms with E-state index in [1.165, 1.54) is 28.5 Å². The van der Waals surface area contributed by atoms with Crippen molar-refractivity contribution in [1.82, 2.24) is 4.98 Å². The largest absolute Gasteiger partial charge is 0.298 e. The number of anilines is 1. The van der Waals surface area contributed by atoms with Crippen LogP contribution >= 0.6 is 11.3 Å². The van der Waals surface area contributed by atoms with Crippen LogP contribution in [-0.4, -0.2) is 10.9 Å². The Labute approximate surface area is 145 Å². The Morgan fingerprint density at radius 3 is 2.62 bits per heavy atom. The van der Waals surface area contributed by atoms with Gasteiger partial charge in [0.2, 0.25) is 5.91 Å². The van der Waals surface area contributed by atoms with Crippen molar-refractivity contribution in [1.29, 1.82) is 0 Å². The number of nitrogens with zero attached hydrogens (tertiary/aromatic N) is 1. The first kappa shape index (κ1) is 16.1. The van der Waals surface area contributed by atoms with Crippen LogP contribution in [0.4, 0.5) is 5.13 Å². The second-order valence-electron chi connectivity index (χ2n) is 5.53. The lowest BCUT2D eigenvalue weighted by atomic mass is 10.1. The van der Waals surface area contributed by atoms with Crippen LogP contribution in [0.5, 0.6) is 0 Å². The molecule has 1 heterocycles. The molecular weight excluding hydrogens is 316 g/mol. The Bertz CT molecular complexity index is 836. The summed E-state index contributed by atoms with van der Waals surface area (Å²) in [7, 11) is 0. The van der Waals surface area contributed by atoms with Crippen molar-refractivity contribution in [3.05, 3.63) is 88.4 Å². The second kappa shape index (κ2) is 7.70. The third kappa shape index (κ3) is 4.64. The van der Waals surface area contributed by atoms with E-state index in [1.54, 1.807) is 6.08 Å². The molecule has 120 valence electrons. The van der Waals surface area contributed by atoms with E-state index >= 15 is 0 Å². The molecule has 0 saturated carbocycles. The second-order valence-corrected chi connectivity index (χ2v) is 6.64. The van der Waals surface area contributed by atoms with Gasteiger partial charge in [-0.2, -0.15) is 0 Å². The highest BCUT2D eigenvalue weighted by Crippen LogP contribution is 2.21. The number of aromatic nitrogens is 1. The highest BCUT2D eigenvalue weighted by Gasteiger charge is 2.05. The maximum Gasteiger partial charge on any atom is 0.250 e. The van der Waals surface area contributed by atoms with Crippen molar-refractivity contribution in [3.63, 3.8) is 0 Å². The average Bonchev–Trinajstić information content (AvgIpc) is 3.02. The van der Waals surface area contributed by atoms with E-state index in [9.17, 15) is 4.79 Å². The first-order valence-electron chi connectivity index (χ1n) is 7.73. The predicted molar refractivity (Wildman–Crippen MR) is 100 cm³/mol. The molecule has 0 saturated heterocycles. The lowest BCUT2D eigenvalue weighted by molar-refractivity contribution is -0.111. The maximum absolute atomic E-state index is 12.0. The van der Waals surface area contributed by atoms with Crippen LogP contribution in [0.1, 0.15) is 21.6 Å². The van der Waals surface area contributed by atoms with Crippen molar-refractivity contribution in [2.24, 2.45) is 0 Å². The molecule has 1 N–H and O–H groups in total. The molecule has 0 fully saturated rings. The number of carbonyl (C=O) groups excluding carboxylic acids is 1. The molecule has 0 aliphatic heterocycles. The van der Waals surface area contributed by atoms with Gasteiger partial charge in [-0.1, -0.05) is 60.2 Å². The standard InChI is InChI=1S/C20H18N2OS/c1-15-7-9-16(10-8-15)11-12-19(23)22-20-21-14-18(24-20)13-17-5-3-2-4-6-17/h2-12,14H,13H2,1H3,(H,21,22,23)/b12-11+. The highest BCUT2D eigenvalue weighted by atomic mass is 32.1. The molecule has 3 nitrogen and oxygen atoms in total. The highest BCUT2D eigenvalue weighted by molar-refractivity contribution is 7.15. The molecule has 1 amide bonds. The van der Waals surface area contributed by atoms with E-state index in [2.05, 4.69) is 22.4 Å². The van der Waals surface area contributed by atoms with Gasteiger partial charge in [-0.3, -0.25) is 10.1 Å². The summed E-state index contributed by atoms with van der Waals surface area (Å²) in [6.07, 6.45) is 5.97. The number of hydrogen-bond acceptors (Lipinski definition) is 3. The monoisotopic (exact) mass is 334 g/mol. The Morgan fingerprint density at radius 1 is 1.12 bits per heavy atom. The van der Waals surface area contributed by atoms with Crippen LogP contribution < -0.4 is 5.32 Å². The third-order valence-corrected chi connectivity index (χ3v) is 4.42. The SMILES string of the molecule is Cc1ccc(/C=C/C(=O)Nc2ncc(Cc3ccccc3)s2)cc1. The zero-order chi connectivity index (χ0) is 16.8. The minimum absolute atomic E-state index is 0.170. The maximum atomic E-state index is 12.0. The summed E-state index contributed by atoms with van der Waals surface area (Å²) in [6.45, 7) is 2.04. The lowest BCUT2D eigenvalue weighted by Gasteiger charge is -1.98. The van der Waals surface area contributed by atoms with Gasteiger partial charge >= 0.3 is 0 Å². The quantitative estimate of drug-likeness (QED) is 0.688. The number of aryl methyl sites for hydroxylation is 1. The number of hydrogen-bond donors (Lipinski definition) is 1. The average molecular weight is 334 g/mol. The molecule has 0 unspecified atom stereocenters. The van der Waals surface area contributed by atoms with E-state index in [1.807, 2.05) is 55.6 Å². The Hall–Kier alpha value is -2.72. The smallest absolute Gasteiger partial charge is 0.250 e. The molecule has 3 rings (SSSR count). The first-order chi connectivity index (χ1) is 11.7. The lowest BCUT2D eigenvalue weighted by Crippen LogP contribution is -2.07. The normalized spacial score (nSPS) is 10.9. The fourth-order valence-corrected chi connectivity index (χ4v) is 3.09. The van der Waals surface area contributed by atoms with Gasteiger partial charge in [-0.15, -0.1) is 11.3 Å². The summed E-state index contributed by atoms with van der Waals surface area (Å²) in [5, 5.41) is 3.44. The molecule has 0 spiro atoms. The van der Waals surface area contributed by atoms with Crippen LogP contribution in [-0.2, 0) is 11.2 Å². The van der Waals surface area contributed by atoms with Gasteiger partial charge < -0.3 is 0 Å². The van der Waals surface area contributed by atoms with Gasteiger partial charge in [0.1, 0.15) is 0 Å². The molecular formula is C20H18N2OS. The molecule has 0 radical (unpaired) electrons. The van der Waals surface area contributed by atoms with Gasteiger partial charge in [-0.05, 0) is 24.1 Å². The summed E-state index contributed by atoms with van der Waals surface area (Å²) in [5.74, 6) is -0.170. The zero-order valence-corrected chi connectivity index (χ0v) is 14.2. The van der Waals surface area contributed by atoms with Crippen molar-refractivity contribution < 1.29 is 4.79 Å². The van der Waals surface area contributed by atoms with Crippen molar-refractivity contribution >= 4 is 28.5 Å². The third-order valence-electron chi connectivity index (χ3n) is 3.51. The van der Waals surface area contributed by atoms with Crippen LogP contribution in [0.25, 0.3) is 6.08 Å². The van der Waals surface area contributed by atoms with Gasteiger partial charge in [0.05, 0.1) is 0 Å². The van der Waals surface area contributed by atoms with Crippen LogP contribution in [0.3, 0.4) is 0 Å². The summed E-state index contributed by atoms with van der Waals surface area (Å²) >= 11 is 1.50. The van der Waals surface area contributed by atoms with Crippen molar-refractivity contribution in [2.45, 2.75) is 13.3 Å². The fraction of sp³-hybridized carbons (Fsp3) is 0.100. The fourth-order valence-electron chi connectivity index (χ4n) is 2.24. The molecule has 2 aromatic carbocycles. The molecule has 0 aliphatic carbocycles. The van der Waals surface area contributed by atoms with Crippen LogP contribution in [0.2, 0.25) is 0 Å². The molecule has 4 heteroatoms. The van der Waals surface area contributed by atoms with E-state index < -0.39 is 0 Å². The van der Waals surface area contributed by atoms with Crippen LogP contribution in [0.15, 0.2) is 66.9 Å². The molecule has 0 aliphatic rings. The minimum Gasteiger partial charge on any atom is -0.298 e. The number of thiazole rings is 1. The van der Waals surface area contributed by atoms with Gasteiger partial charge in [0.15, 0.2) is 5.13 Å². The Balaban J connectivity index is 1.58. The Morgan fingerprint density at radius 2 is 1.88 bits per heavy atom. The number of amides is 1. The summed E-state index contributed by atoms with van der Waals surface area (Å²) in [6, 6.07) is 18.2. The van der Waals surface area contributed by atoms with Crippen molar-refractivity contribution in [3.8, 4) is 0 Å². The topological polar surface area (TPSA) is 42.0 Å². The molecule has 1 aromatic heterocycles. The van der Waals surface area contributed by atoms with E-state index in [-0.39, 0.29) is 5.91 Å². The predicted octanol–water partition coefficient (Wildman–Crippen LogP) is 4.69. The van der Waals surface area contributed by atoms with E-state index in [4.69, 9.17) is 0 Å². The minimum atomic E-state index is -0.170. The Kier molecular flexibility index (Phi) is 5.18. The number of rotatable bonds is 5. The summed E-state index contributed by atoms with van der Waals surface area (Å²) in [4.78, 5) is 17.4. The van der Waals surface area contributed by atoms with Gasteiger partial charge in [-0.25, -0.2) is 4.98 Å².